The van der Waals surface area contributed by atoms with Crippen molar-refractivity contribution in [3.8, 4) is 0 Å². The molecule has 0 aromatic rings. The molecule has 122 valence electrons. The SMILES string of the molecule is CC(C)C(C)O[Si](Cl)(OC(C)C(C)C)OC(C)C(C)C. The van der Waals surface area contributed by atoms with Crippen molar-refractivity contribution in [1.29, 1.82) is 0 Å². The lowest BCUT2D eigenvalue weighted by atomic mass is 10.1. The van der Waals surface area contributed by atoms with E-state index in [4.69, 9.17) is 24.4 Å². The third-order valence-corrected chi connectivity index (χ3v) is 6.56. The maximum atomic E-state index is 6.63. The highest BCUT2D eigenvalue weighted by Gasteiger charge is 2.46. The zero-order chi connectivity index (χ0) is 16.1. The molecule has 3 atom stereocenters. The van der Waals surface area contributed by atoms with Gasteiger partial charge in [0.1, 0.15) is 0 Å². The van der Waals surface area contributed by atoms with Crippen molar-refractivity contribution in [1.82, 2.24) is 0 Å². The van der Waals surface area contributed by atoms with E-state index in [0.29, 0.717) is 17.8 Å². The van der Waals surface area contributed by atoms with Crippen molar-refractivity contribution in [2.45, 2.75) is 80.6 Å². The van der Waals surface area contributed by atoms with Crippen LogP contribution in [0.25, 0.3) is 0 Å². The van der Waals surface area contributed by atoms with Crippen LogP contribution in [-0.2, 0) is 13.3 Å². The maximum absolute atomic E-state index is 6.63. The van der Waals surface area contributed by atoms with Crippen LogP contribution in [0.1, 0.15) is 62.3 Å². The van der Waals surface area contributed by atoms with Gasteiger partial charge in [-0.25, -0.2) is 0 Å². The third kappa shape index (κ3) is 7.41. The maximum Gasteiger partial charge on any atom is 0.613 e. The lowest BCUT2D eigenvalue weighted by Crippen LogP contribution is -2.49. The monoisotopic (exact) mass is 324 g/mol. The summed E-state index contributed by atoms with van der Waals surface area (Å²) in [6.45, 7) is 18.7. The molecular formula is C15H33ClO3Si. The normalized spacial score (nSPS) is 20.2. The van der Waals surface area contributed by atoms with Crippen molar-refractivity contribution >= 4 is 19.2 Å². The van der Waals surface area contributed by atoms with E-state index in [1.807, 2.05) is 20.8 Å². The minimum Gasteiger partial charge on any atom is -0.358 e. The van der Waals surface area contributed by atoms with Crippen LogP contribution in [0.15, 0.2) is 0 Å². The van der Waals surface area contributed by atoms with Crippen molar-refractivity contribution in [2.75, 3.05) is 0 Å². The van der Waals surface area contributed by atoms with Crippen molar-refractivity contribution < 1.29 is 13.3 Å². The van der Waals surface area contributed by atoms with Crippen LogP contribution in [-0.4, -0.2) is 26.4 Å². The molecule has 0 amide bonds. The van der Waals surface area contributed by atoms with Gasteiger partial charge in [0.2, 0.25) is 0 Å². The first-order chi connectivity index (χ1) is 8.98. The van der Waals surface area contributed by atoms with Crippen molar-refractivity contribution in [2.24, 2.45) is 17.8 Å². The Hall–Kier alpha value is 0.387. The average molecular weight is 325 g/mol. The van der Waals surface area contributed by atoms with Gasteiger partial charge in [0.25, 0.3) is 0 Å². The Labute approximate surface area is 131 Å². The zero-order valence-corrected chi connectivity index (χ0v) is 16.3. The van der Waals surface area contributed by atoms with Crippen LogP contribution in [0.3, 0.4) is 0 Å². The van der Waals surface area contributed by atoms with Gasteiger partial charge in [-0.2, -0.15) is 0 Å². The quantitative estimate of drug-likeness (QED) is 0.448. The fraction of sp³-hybridized carbons (Fsp3) is 1.00. The van der Waals surface area contributed by atoms with E-state index < -0.39 is 8.11 Å². The molecule has 0 aliphatic heterocycles. The van der Waals surface area contributed by atoms with Gasteiger partial charge >= 0.3 is 8.11 Å². The molecule has 0 aromatic carbocycles. The number of halogens is 1. The van der Waals surface area contributed by atoms with Gasteiger partial charge in [-0.15, -0.1) is 0 Å². The third-order valence-electron chi connectivity index (χ3n) is 3.80. The predicted octanol–water partition coefficient (Wildman–Crippen LogP) is 4.84. The van der Waals surface area contributed by atoms with Gasteiger partial charge in [-0.3, -0.25) is 0 Å². The van der Waals surface area contributed by atoms with Gasteiger partial charge in [-0.1, -0.05) is 52.6 Å². The van der Waals surface area contributed by atoms with Gasteiger partial charge in [-0.05, 0) is 38.5 Å². The molecular weight excluding hydrogens is 292 g/mol. The molecule has 5 heteroatoms. The van der Waals surface area contributed by atoms with Crippen LogP contribution in [0.2, 0.25) is 0 Å². The average Bonchev–Trinajstić information content (AvgIpc) is 2.27. The molecule has 0 saturated carbocycles. The first-order valence-corrected chi connectivity index (χ1v) is 10.4. The molecule has 0 spiro atoms. The minimum atomic E-state index is -3.15. The molecule has 0 aromatic heterocycles. The molecule has 0 aliphatic rings. The van der Waals surface area contributed by atoms with Gasteiger partial charge < -0.3 is 13.3 Å². The van der Waals surface area contributed by atoms with Crippen molar-refractivity contribution in [3.05, 3.63) is 0 Å². The Morgan fingerprint density at radius 3 is 0.900 bits per heavy atom. The van der Waals surface area contributed by atoms with Crippen LogP contribution in [0, 0.1) is 17.8 Å². The second kappa shape index (κ2) is 8.74. The Morgan fingerprint density at radius 1 is 0.550 bits per heavy atom. The fourth-order valence-corrected chi connectivity index (χ4v) is 4.74. The van der Waals surface area contributed by atoms with Crippen LogP contribution < -0.4 is 0 Å². The molecule has 0 fully saturated rings. The Bertz CT molecular complexity index is 231. The topological polar surface area (TPSA) is 27.7 Å². The minimum absolute atomic E-state index is 0.0119. The fourth-order valence-electron chi connectivity index (χ4n) is 1.16. The summed E-state index contributed by atoms with van der Waals surface area (Å²) in [5.41, 5.74) is 0. The van der Waals surface area contributed by atoms with E-state index in [1.165, 1.54) is 0 Å². The smallest absolute Gasteiger partial charge is 0.358 e. The Morgan fingerprint density at radius 2 is 0.750 bits per heavy atom. The molecule has 0 N–H and O–H groups in total. The van der Waals surface area contributed by atoms with E-state index in [9.17, 15) is 0 Å². The standard InChI is InChI=1S/C15H33ClO3Si/c1-10(2)13(7)17-20(16,18-14(8)11(3)4)19-15(9)12(5)6/h10-15H,1-9H3. The Kier molecular flexibility index (Phi) is 8.91. The zero-order valence-electron chi connectivity index (χ0n) is 14.6. The summed E-state index contributed by atoms with van der Waals surface area (Å²) in [7, 11) is -3.15. The summed E-state index contributed by atoms with van der Waals surface area (Å²) in [5, 5.41) is 0. The molecule has 0 radical (unpaired) electrons. The molecule has 20 heavy (non-hydrogen) atoms. The van der Waals surface area contributed by atoms with E-state index in [-0.39, 0.29) is 18.3 Å². The first-order valence-electron chi connectivity index (χ1n) is 7.70. The van der Waals surface area contributed by atoms with E-state index in [0.717, 1.165) is 0 Å². The highest BCUT2D eigenvalue weighted by atomic mass is 35.6. The van der Waals surface area contributed by atoms with Gasteiger partial charge in [0.05, 0.1) is 18.3 Å². The second-order valence-corrected chi connectivity index (χ2v) is 9.74. The summed E-state index contributed by atoms with van der Waals surface area (Å²) in [4.78, 5) is 0. The highest BCUT2D eigenvalue weighted by Crippen LogP contribution is 2.27. The van der Waals surface area contributed by atoms with E-state index >= 15 is 0 Å². The first kappa shape index (κ1) is 20.4. The lowest BCUT2D eigenvalue weighted by Gasteiger charge is -2.34. The Balaban J connectivity index is 4.92. The van der Waals surface area contributed by atoms with E-state index in [1.54, 1.807) is 0 Å². The molecule has 0 saturated heterocycles. The molecule has 3 nitrogen and oxygen atoms in total. The largest absolute Gasteiger partial charge is 0.613 e. The molecule has 0 aliphatic carbocycles. The lowest BCUT2D eigenvalue weighted by molar-refractivity contribution is -0.0191. The van der Waals surface area contributed by atoms with Crippen LogP contribution in [0.5, 0.6) is 0 Å². The highest BCUT2D eigenvalue weighted by molar-refractivity contribution is 7.09. The molecule has 0 heterocycles. The second-order valence-electron chi connectivity index (χ2n) is 6.68. The van der Waals surface area contributed by atoms with Gasteiger partial charge in [0.15, 0.2) is 0 Å². The predicted molar refractivity (Wildman–Crippen MR) is 87.8 cm³/mol. The van der Waals surface area contributed by atoms with E-state index in [2.05, 4.69) is 41.5 Å². The van der Waals surface area contributed by atoms with Gasteiger partial charge in [0, 0.05) is 0 Å². The summed E-state index contributed by atoms with van der Waals surface area (Å²) in [5.74, 6) is 1.12. The number of hydrogen-bond acceptors (Lipinski definition) is 3. The number of rotatable bonds is 9. The summed E-state index contributed by atoms with van der Waals surface area (Å²) in [6, 6.07) is 0. The van der Waals surface area contributed by atoms with Crippen LogP contribution in [0.4, 0.5) is 0 Å². The molecule has 0 bridgehead atoms. The molecule has 0 rings (SSSR count). The summed E-state index contributed by atoms with van der Waals surface area (Å²) < 4.78 is 18.0. The number of hydrogen-bond donors (Lipinski definition) is 0. The van der Waals surface area contributed by atoms with Crippen LogP contribution >= 0.6 is 11.1 Å². The summed E-state index contributed by atoms with van der Waals surface area (Å²) >= 11 is 6.63. The molecule has 3 unspecified atom stereocenters. The summed E-state index contributed by atoms with van der Waals surface area (Å²) in [6.07, 6.45) is 0.0358. The van der Waals surface area contributed by atoms with Crippen molar-refractivity contribution in [3.63, 3.8) is 0 Å².